The molecule has 0 radical (unpaired) electrons. The molecule has 0 saturated carbocycles. The minimum absolute atomic E-state index is 0.0285. The highest BCUT2D eigenvalue weighted by Crippen LogP contribution is 2.34. The van der Waals surface area contributed by atoms with Gasteiger partial charge in [-0.15, -0.1) is 0 Å². The van der Waals surface area contributed by atoms with Crippen LogP contribution in [0.15, 0.2) is 24.3 Å². The van der Waals surface area contributed by atoms with Crippen molar-refractivity contribution in [2.75, 3.05) is 6.73 Å². The van der Waals surface area contributed by atoms with Crippen LogP contribution in [-0.2, 0) is 4.79 Å². The van der Waals surface area contributed by atoms with Gasteiger partial charge >= 0.3 is 0 Å². The Kier molecular flexibility index (Phi) is 2.25. The fourth-order valence-corrected chi connectivity index (χ4v) is 1.87. The number of aliphatic hydroxyl groups is 1. The highest BCUT2D eigenvalue weighted by molar-refractivity contribution is 5.83. The molecule has 1 aliphatic rings. The Morgan fingerprint density at radius 3 is 2.79 bits per heavy atom. The van der Waals surface area contributed by atoms with E-state index in [2.05, 4.69) is 0 Å². The Labute approximate surface area is 83.0 Å². The fraction of sp³-hybridized carbons (Fsp3) is 0.364. The van der Waals surface area contributed by atoms with E-state index in [9.17, 15) is 4.79 Å². The quantitative estimate of drug-likeness (QED) is 0.714. The van der Waals surface area contributed by atoms with Gasteiger partial charge in [0.1, 0.15) is 6.73 Å². The number of carbonyl (C=O) groups excluding carboxylic acids is 1. The van der Waals surface area contributed by atoms with E-state index in [0.29, 0.717) is 6.42 Å². The first-order valence-corrected chi connectivity index (χ1v) is 4.70. The molecule has 1 aromatic carbocycles. The van der Waals surface area contributed by atoms with Gasteiger partial charge in [0, 0.05) is 0 Å². The molecule has 74 valence electrons. The summed E-state index contributed by atoms with van der Waals surface area (Å²) in [6.07, 6.45) is 0.519. The Morgan fingerprint density at radius 2 is 2.21 bits per heavy atom. The normalized spacial score (nSPS) is 20.9. The van der Waals surface area contributed by atoms with E-state index in [1.165, 1.54) is 10.5 Å². The lowest BCUT2D eigenvalue weighted by Gasteiger charge is -2.39. The zero-order valence-electron chi connectivity index (χ0n) is 8.10. The third-order valence-electron chi connectivity index (χ3n) is 2.76. The zero-order valence-corrected chi connectivity index (χ0v) is 8.10. The maximum atomic E-state index is 11.1. The van der Waals surface area contributed by atoms with Crippen LogP contribution in [0.4, 0.5) is 0 Å². The van der Waals surface area contributed by atoms with Crippen LogP contribution in [0.3, 0.4) is 0 Å². The highest BCUT2D eigenvalue weighted by Gasteiger charge is 2.36. The van der Waals surface area contributed by atoms with Crippen LogP contribution in [0.1, 0.15) is 23.6 Å². The molecule has 1 aromatic rings. The third-order valence-corrected chi connectivity index (χ3v) is 2.76. The lowest BCUT2D eigenvalue weighted by molar-refractivity contribution is -0.152. The number of nitrogens with zero attached hydrogens (tertiary/aromatic N) is 1. The highest BCUT2D eigenvalue weighted by atomic mass is 16.3. The number of hydrogen-bond donors (Lipinski definition) is 1. The summed E-state index contributed by atoms with van der Waals surface area (Å²) in [5, 5.41) is 8.98. The number of carbonyl (C=O) groups is 1. The molecule has 1 atom stereocenters. The van der Waals surface area contributed by atoms with Gasteiger partial charge in [0.2, 0.25) is 5.91 Å². The maximum absolute atomic E-state index is 11.1. The largest absolute Gasteiger partial charge is 0.376 e. The van der Waals surface area contributed by atoms with Gasteiger partial charge in [-0.25, -0.2) is 0 Å². The Bertz CT molecular complexity index is 362. The summed E-state index contributed by atoms with van der Waals surface area (Å²) in [4.78, 5) is 12.6. The molecule has 1 saturated heterocycles. The number of aryl methyl sites for hydroxylation is 1. The van der Waals surface area contributed by atoms with Crippen molar-refractivity contribution in [3.8, 4) is 0 Å². The molecule has 14 heavy (non-hydrogen) atoms. The van der Waals surface area contributed by atoms with Gasteiger partial charge in [-0.1, -0.05) is 24.3 Å². The van der Waals surface area contributed by atoms with Gasteiger partial charge in [-0.3, -0.25) is 4.79 Å². The molecule has 1 heterocycles. The van der Waals surface area contributed by atoms with Crippen molar-refractivity contribution in [1.82, 2.24) is 4.90 Å². The minimum Gasteiger partial charge on any atom is -0.376 e. The van der Waals surface area contributed by atoms with E-state index in [4.69, 9.17) is 5.11 Å². The summed E-state index contributed by atoms with van der Waals surface area (Å²) in [7, 11) is 0. The summed E-state index contributed by atoms with van der Waals surface area (Å²) >= 11 is 0. The van der Waals surface area contributed by atoms with Crippen LogP contribution in [0.5, 0.6) is 0 Å². The number of rotatable bonds is 2. The van der Waals surface area contributed by atoms with E-state index in [1.54, 1.807) is 0 Å². The topological polar surface area (TPSA) is 40.5 Å². The lowest BCUT2D eigenvalue weighted by Crippen LogP contribution is -2.46. The second-order valence-electron chi connectivity index (χ2n) is 3.58. The third kappa shape index (κ3) is 1.30. The molecule has 0 aliphatic carbocycles. The molecule has 3 nitrogen and oxygen atoms in total. The Morgan fingerprint density at radius 1 is 1.50 bits per heavy atom. The molecule has 0 spiro atoms. The van der Waals surface area contributed by atoms with E-state index in [1.807, 2.05) is 31.2 Å². The maximum Gasteiger partial charge on any atom is 0.227 e. The van der Waals surface area contributed by atoms with Crippen molar-refractivity contribution < 1.29 is 9.90 Å². The number of aliphatic hydroxyl groups excluding tert-OH is 1. The molecular weight excluding hydrogens is 178 g/mol. The summed E-state index contributed by atoms with van der Waals surface area (Å²) in [6, 6.07) is 8.04. The number of amides is 1. The fourth-order valence-electron chi connectivity index (χ4n) is 1.87. The molecule has 2 rings (SSSR count). The monoisotopic (exact) mass is 191 g/mol. The molecular formula is C11H13NO2. The van der Waals surface area contributed by atoms with Gasteiger partial charge < -0.3 is 10.0 Å². The van der Waals surface area contributed by atoms with Gasteiger partial charge in [0.25, 0.3) is 0 Å². The van der Waals surface area contributed by atoms with E-state index < -0.39 is 0 Å². The van der Waals surface area contributed by atoms with Crippen molar-refractivity contribution in [2.24, 2.45) is 0 Å². The van der Waals surface area contributed by atoms with Gasteiger partial charge in [-0.05, 0) is 18.1 Å². The Hall–Kier alpha value is -1.35. The van der Waals surface area contributed by atoms with Crippen LogP contribution in [-0.4, -0.2) is 22.6 Å². The molecule has 0 bridgehead atoms. The second-order valence-corrected chi connectivity index (χ2v) is 3.58. The van der Waals surface area contributed by atoms with Crippen molar-refractivity contribution in [2.45, 2.75) is 19.4 Å². The van der Waals surface area contributed by atoms with E-state index in [-0.39, 0.29) is 18.7 Å². The zero-order chi connectivity index (χ0) is 10.1. The molecule has 3 heteroatoms. The van der Waals surface area contributed by atoms with Crippen molar-refractivity contribution in [1.29, 1.82) is 0 Å². The first kappa shape index (κ1) is 9.21. The summed E-state index contributed by atoms with van der Waals surface area (Å²) in [5.41, 5.74) is 2.31. The summed E-state index contributed by atoms with van der Waals surface area (Å²) in [6.45, 7) is 1.84. The van der Waals surface area contributed by atoms with Crippen LogP contribution in [0, 0.1) is 6.92 Å². The van der Waals surface area contributed by atoms with Crippen LogP contribution in [0.25, 0.3) is 0 Å². The van der Waals surface area contributed by atoms with Crippen LogP contribution < -0.4 is 0 Å². The summed E-state index contributed by atoms with van der Waals surface area (Å²) < 4.78 is 0. The van der Waals surface area contributed by atoms with Gasteiger partial charge in [0.05, 0.1) is 12.5 Å². The first-order chi connectivity index (χ1) is 6.74. The average molecular weight is 191 g/mol. The predicted octanol–water partition coefficient (Wildman–Crippen LogP) is 1.22. The number of likely N-dealkylation sites (tertiary alicyclic amines) is 1. The average Bonchev–Trinajstić information content (AvgIpc) is 2.16. The summed E-state index contributed by atoms with van der Waals surface area (Å²) in [5.74, 6) is 0.0285. The van der Waals surface area contributed by atoms with Crippen molar-refractivity contribution in [3.05, 3.63) is 35.4 Å². The molecule has 1 amide bonds. The standard InChI is InChI=1S/C11H13NO2/c1-8-4-2-3-5-9(8)10-6-11(14)12(10)7-13/h2-5,10,13H,6-7H2,1H3/t10-/m0/s1. The SMILES string of the molecule is Cc1ccccc1[C@@H]1CC(=O)N1CO. The molecule has 1 fully saturated rings. The second kappa shape index (κ2) is 3.42. The predicted molar refractivity (Wildman–Crippen MR) is 52.5 cm³/mol. The van der Waals surface area contributed by atoms with E-state index in [0.717, 1.165) is 5.56 Å². The van der Waals surface area contributed by atoms with Gasteiger partial charge in [-0.2, -0.15) is 0 Å². The molecule has 0 aromatic heterocycles. The number of hydrogen-bond acceptors (Lipinski definition) is 2. The first-order valence-electron chi connectivity index (χ1n) is 4.70. The van der Waals surface area contributed by atoms with Crippen molar-refractivity contribution >= 4 is 5.91 Å². The minimum atomic E-state index is -0.183. The van der Waals surface area contributed by atoms with Crippen LogP contribution in [0.2, 0.25) is 0 Å². The smallest absolute Gasteiger partial charge is 0.227 e. The van der Waals surface area contributed by atoms with E-state index >= 15 is 0 Å². The van der Waals surface area contributed by atoms with Crippen molar-refractivity contribution in [3.63, 3.8) is 0 Å². The number of benzene rings is 1. The molecule has 1 N–H and O–H groups in total. The molecule has 0 unspecified atom stereocenters. The Balaban J connectivity index is 2.25. The van der Waals surface area contributed by atoms with Crippen LogP contribution >= 0.6 is 0 Å². The number of β-lactam (4-membered cyclic amide) rings is 1. The van der Waals surface area contributed by atoms with Gasteiger partial charge in [0.15, 0.2) is 0 Å². The lowest BCUT2D eigenvalue weighted by atomic mass is 9.91. The molecule has 1 aliphatic heterocycles.